The number of halogens is 1. The van der Waals surface area contributed by atoms with E-state index in [9.17, 15) is 9.28 Å². The van der Waals surface area contributed by atoms with E-state index in [0.29, 0.717) is 0 Å². The lowest BCUT2D eigenvalue weighted by atomic mass is 9.82. The lowest BCUT2D eigenvalue weighted by molar-refractivity contribution is -0.148. The van der Waals surface area contributed by atoms with Crippen LogP contribution in [0.2, 0.25) is 0 Å². The molecule has 0 aliphatic heterocycles. The molecule has 1 aromatic carbocycles. The average molecular weight is 223 g/mol. The zero-order chi connectivity index (χ0) is 12.5. The maximum Gasteiger partial charge on any atom is 0.260 e. The fourth-order valence-corrected chi connectivity index (χ4v) is 1.84. The highest BCUT2D eigenvalue weighted by atomic mass is 19.2. The first-order valence-corrected chi connectivity index (χ1v) is 5.28. The number of likely N-dealkylation sites (N-methyl/N-ethyl adjacent to an activating group) is 1. The van der Waals surface area contributed by atoms with E-state index in [1.807, 2.05) is 32.0 Å². The molecule has 0 N–H and O–H groups in total. The first-order valence-electron chi connectivity index (χ1n) is 5.28. The number of carbonyl (C=O) groups is 1. The van der Waals surface area contributed by atoms with Crippen LogP contribution in [0.3, 0.4) is 0 Å². The quantitative estimate of drug-likeness (QED) is 0.706. The van der Waals surface area contributed by atoms with Crippen LogP contribution < -0.4 is 0 Å². The summed E-state index contributed by atoms with van der Waals surface area (Å²) in [4.78, 5) is 11.7. The number of rotatable bonds is 2. The first kappa shape index (κ1) is 12.7. The van der Waals surface area contributed by atoms with Crippen LogP contribution in [0, 0.1) is 13.8 Å². The zero-order valence-corrected chi connectivity index (χ0v) is 10.5. The van der Waals surface area contributed by atoms with Crippen LogP contribution in [0.25, 0.3) is 0 Å². The Kier molecular flexibility index (Phi) is 3.36. The molecule has 0 spiro atoms. The SMILES string of the molecule is Cc1cc(C)cc(C(C)(C)C(=O)N(C)F)c1. The summed E-state index contributed by atoms with van der Waals surface area (Å²) in [6, 6.07) is 5.88. The van der Waals surface area contributed by atoms with Gasteiger partial charge in [-0.2, -0.15) is 5.12 Å². The number of carbonyl (C=O) groups excluding carboxylic acids is 1. The average Bonchev–Trinajstić information content (AvgIpc) is 2.14. The van der Waals surface area contributed by atoms with Crippen LogP contribution in [0.15, 0.2) is 18.2 Å². The van der Waals surface area contributed by atoms with Crippen LogP contribution in [0.5, 0.6) is 0 Å². The molecule has 1 aromatic rings. The second-order valence-electron chi connectivity index (χ2n) is 4.78. The van der Waals surface area contributed by atoms with E-state index in [1.165, 1.54) is 0 Å². The molecular weight excluding hydrogens is 205 g/mol. The van der Waals surface area contributed by atoms with Gasteiger partial charge in [-0.3, -0.25) is 4.79 Å². The Morgan fingerprint density at radius 2 is 1.62 bits per heavy atom. The van der Waals surface area contributed by atoms with Crippen LogP contribution >= 0.6 is 0 Å². The van der Waals surface area contributed by atoms with E-state index in [1.54, 1.807) is 13.8 Å². The van der Waals surface area contributed by atoms with Crippen molar-refractivity contribution in [1.29, 1.82) is 0 Å². The van der Waals surface area contributed by atoms with Gasteiger partial charge in [-0.25, -0.2) is 0 Å². The van der Waals surface area contributed by atoms with Gasteiger partial charge in [-0.1, -0.05) is 33.8 Å². The van der Waals surface area contributed by atoms with Gasteiger partial charge in [0.2, 0.25) is 0 Å². The summed E-state index contributed by atoms with van der Waals surface area (Å²) in [6.07, 6.45) is 0. The van der Waals surface area contributed by atoms with E-state index >= 15 is 0 Å². The molecule has 0 unspecified atom stereocenters. The van der Waals surface area contributed by atoms with Gasteiger partial charge >= 0.3 is 0 Å². The minimum Gasteiger partial charge on any atom is -0.271 e. The van der Waals surface area contributed by atoms with Gasteiger partial charge < -0.3 is 0 Å². The lowest BCUT2D eigenvalue weighted by Crippen LogP contribution is -2.37. The summed E-state index contributed by atoms with van der Waals surface area (Å²) in [5, 5.41) is 0.150. The monoisotopic (exact) mass is 223 g/mol. The number of aryl methyl sites for hydroxylation is 2. The highest BCUT2D eigenvalue weighted by molar-refractivity contribution is 5.86. The summed E-state index contributed by atoms with van der Waals surface area (Å²) < 4.78 is 13.0. The molecule has 1 amide bonds. The predicted octanol–water partition coefficient (Wildman–Crippen LogP) is 2.92. The van der Waals surface area contributed by atoms with Crippen molar-refractivity contribution in [3.05, 3.63) is 34.9 Å². The highest BCUT2D eigenvalue weighted by Gasteiger charge is 2.33. The number of amides is 1. The largest absolute Gasteiger partial charge is 0.271 e. The second kappa shape index (κ2) is 4.24. The second-order valence-corrected chi connectivity index (χ2v) is 4.78. The Hall–Kier alpha value is -1.38. The molecule has 0 saturated heterocycles. The van der Waals surface area contributed by atoms with Gasteiger partial charge in [-0.15, -0.1) is 0 Å². The van der Waals surface area contributed by atoms with Gasteiger partial charge in [0.05, 0.1) is 5.41 Å². The smallest absolute Gasteiger partial charge is 0.260 e. The minimum atomic E-state index is -0.833. The van der Waals surface area contributed by atoms with Gasteiger partial charge in [0.25, 0.3) is 5.91 Å². The third-order valence-corrected chi connectivity index (χ3v) is 2.76. The Balaban J connectivity index is 3.21. The van der Waals surface area contributed by atoms with Gasteiger partial charge in [0.1, 0.15) is 0 Å². The van der Waals surface area contributed by atoms with Crippen molar-refractivity contribution in [2.24, 2.45) is 0 Å². The Bertz CT molecular complexity index is 390. The third kappa shape index (κ3) is 2.40. The fraction of sp³-hybridized carbons (Fsp3) is 0.462. The van der Waals surface area contributed by atoms with E-state index in [2.05, 4.69) is 0 Å². The van der Waals surface area contributed by atoms with E-state index in [0.717, 1.165) is 23.7 Å². The van der Waals surface area contributed by atoms with Crippen LogP contribution in [-0.2, 0) is 10.2 Å². The first-order chi connectivity index (χ1) is 7.25. The summed E-state index contributed by atoms with van der Waals surface area (Å²) in [5.41, 5.74) is 2.18. The van der Waals surface area contributed by atoms with E-state index in [-0.39, 0.29) is 5.12 Å². The highest BCUT2D eigenvalue weighted by Crippen LogP contribution is 2.27. The van der Waals surface area contributed by atoms with Crippen LogP contribution in [-0.4, -0.2) is 18.1 Å². The Morgan fingerprint density at radius 3 is 2.00 bits per heavy atom. The summed E-state index contributed by atoms with van der Waals surface area (Å²) in [7, 11) is 1.13. The molecule has 0 heterocycles. The summed E-state index contributed by atoms with van der Waals surface area (Å²) in [6.45, 7) is 7.41. The molecule has 0 aliphatic rings. The maximum atomic E-state index is 13.0. The van der Waals surface area contributed by atoms with Crippen molar-refractivity contribution < 1.29 is 9.28 Å². The number of benzene rings is 1. The van der Waals surface area contributed by atoms with Crippen molar-refractivity contribution in [3.63, 3.8) is 0 Å². The normalized spacial score (nSPS) is 11.4. The van der Waals surface area contributed by atoms with Crippen molar-refractivity contribution in [3.8, 4) is 0 Å². The van der Waals surface area contributed by atoms with E-state index in [4.69, 9.17) is 0 Å². The van der Waals surface area contributed by atoms with Gasteiger partial charge in [-0.05, 0) is 33.3 Å². The third-order valence-electron chi connectivity index (χ3n) is 2.76. The minimum absolute atomic E-state index is 0.150. The molecule has 0 aromatic heterocycles. The predicted molar refractivity (Wildman–Crippen MR) is 62.8 cm³/mol. The Labute approximate surface area is 96.0 Å². The standard InChI is InChI=1S/C13H18FNO/c1-9-6-10(2)8-11(7-9)13(3,4)12(16)15(5)14/h6-8H,1-5H3. The lowest BCUT2D eigenvalue weighted by Gasteiger charge is -2.25. The Morgan fingerprint density at radius 1 is 1.19 bits per heavy atom. The van der Waals surface area contributed by atoms with Crippen molar-refractivity contribution in [2.45, 2.75) is 33.1 Å². The van der Waals surface area contributed by atoms with Crippen LogP contribution in [0.1, 0.15) is 30.5 Å². The number of hydrogen-bond acceptors (Lipinski definition) is 1. The van der Waals surface area contributed by atoms with Crippen molar-refractivity contribution in [2.75, 3.05) is 7.05 Å². The molecule has 3 heteroatoms. The number of hydrogen-bond donors (Lipinski definition) is 0. The van der Waals surface area contributed by atoms with Gasteiger partial charge in [0.15, 0.2) is 0 Å². The van der Waals surface area contributed by atoms with E-state index < -0.39 is 11.3 Å². The summed E-state index contributed by atoms with van der Waals surface area (Å²) >= 11 is 0. The molecule has 1 rings (SSSR count). The molecular formula is C13H18FNO. The molecule has 0 fully saturated rings. The molecule has 0 radical (unpaired) electrons. The number of nitrogens with zero attached hydrogens (tertiary/aromatic N) is 1. The maximum absolute atomic E-state index is 13.0. The molecule has 0 saturated carbocycles. The van der Waals surface area contributed by atoms with Crippen molar-refractivity contribution in [1.82, 2.24) is 5.12 Å². The molecule has 16 heavy (non-hydrogen) atoms. The van der Waals surface area contributed by atoms with Gasteiger partial charge in [0, 0.05) is 7.05 Å². The molecule has 2 nitrogen and oxygen atoms in total. The fourth-order valence-electron chi connectivity index (χ4n) is 1.84. The molecule has 0 aliphatic carbocycles. The van der Waals surface area contributed by atoms with Crippen molar-refractivity contribution >= 4 is 5.91 Å². The summed E-state index contributed by atoms with van der Waals surface area (Å²) in [5.74, 6) is -0.530. The zero-order valence-electron chi connectivity index (χ0n) is 10.5. The topological polar surface area (TPSA) is 20.3 Å². The molecule has 0 bridgehead atoms. The van der Waals surface area contributed by atoms with Crippen LogP contribution in [0.4, 0.5) is 4.48 Å². The molecule has 0 atom stereocenters. The molecule has 88 valence electrons.